The van der Waals surface area contributed by atoms with E-state index in [0.29, 0.717) is 12.0 Å². The van der Waals surface area contributed by atoms with Gasteiger partial charge < -0.3 is 4.98 Å². The van der Waals surface area contributed by atoms with Crippen molar-refractivity contribution in [1.82, 2.24) is 30.1 Å². The van der Waals surface area contributed by atoms with Crippen molar-refractivity contribution < 1.29 is 0 Å². The molecule has 7 heteroatoms. The number of piperidine rings is 1. The van der Waals surface area contributed by atoms with Crippen molar-refractivity contribution in [2.24, 2.45) is 5.92 Å². The smallest absolute Gasteiger partial charge is 0.253 e. The van der Waals surface area contributed by atoms with Gasteiger partial charge in [-0.05, 0) is 84.1 Å². The molecule has 1 aliphatic heterocycles. The molecule has 2 atom stereocenters. The van der Waals surface area contributed by atoms with E-state index in [4.69, 9.17) is 0 Å². The molecule has 0 bridgehead atoms. The Hall–Kier alpha value is -2.54. The van der Waals surface area contributed by atoms with Crippen molar-refractivity contribution in [3.8, 4) is 0 Å². The molecular weight excluding hydrogens is 388 g/mol. The van der Waals surface area contributed by atoms with E-state index < -0.39 is 0 Å². The number of tetrazole rings is 1. The topological polar surface area (TPSA) is 79.7 Å². The third kappa shape index (κ3) is 3.91. The summed E-state index contributed by atoms with van der Waals surface area (Å²) in [5.41, 5.74) is 2.86. The second-order valence-corrected chi connectivity index (χ2v) is 9.39. The van der Waals surface area contributed by atoms with Crippen LogP contribution in [-0.4, -0.2) is 43.2 Å². The molecule has 2 fully saturated rings. The Morgan fingerprint density at radius 2 is 2.00 bits per heavy atom. The number of aromatic nitrogens is 5. The Morgan fingerprint density at radius 1 is 1.16 bits per heavy atom. The van der Waals surface area contributed by atoms with Gasteiger partial charge in [-0.15, -0.1) is 5.10 Å². The summed E-state index contributed by atoms with van der Waals surface area (Å²) >= 11 is 0. The minimum Gasteiger partial charge on any atom is -0.322 e. The fourth-order valence-electron chi connectivity index (χ4n) is 5.44. The summed E-state index contributed by atoms with van der Waals surface area (Å²) in [6.07, 6.45) is 7.97. The summed E-state index contributed by atoms with van der Waals surface area (Å²) in [6.45, 7) is 6.36. The highest BCUT2D eigenvalue weighted by Gasteiger charge is 2.34. The van der Waals surface area contributed by atoms with Crippen molar-refractivity contribution in [3.63, 3.8) is 0 Å². The number of benzene rings is 1. The first-order valence-corrected chi connectivity index (χ1v) is 11.8. The Bertz CT molecular complexity index is 1110. The standard InChI is InChI=1S/C24H32N6O/c1-3-17-10-11-21-18(13-17)14-20(24(31)25-21)22(29-12-6-7-16(2)15-29)23-26-27-28-30(23)19-8-4-5-9-19/h10-11,13-14,16,19,22H,3-9,12,15H2,1-2H3,(H,25,31)/t16-,22-/m1/s1. The zero-order chi connectivity index (χ0) is 21.4. The molecule has 0 amide bonds. The number of H-pyrrole nitrogens is 1. The van der Waals surface area contributed by atoms with Gasteiger partial charge in [0.2, 0.25) is 0 Å². The van der Waals surface area contributed by atoms with E-state index in [9.17, 15) is 4.79 Å². The summed E-state index contributed by atoms with van der Waals surface area (Å²) in [6, 6.07) is 8.47. The summed E-state index contributed by atoms with van der Waals surface area (Å²) in [5.74, 6) is 1.41. The molecule has 2 aliphatic rings. The van der Waals surface area contributed by atoms with E-state index in [1.807, 2.05) is 10.7 Å². The molecule has 1 saturated carbocycles. The molecule has 7 nitrogen and oxygen atoms in total. The molecule has 1 aliphatic carbocycles. The molecule has 2 aromatic heterocycles. The van der Waals surface area contributed by atoms with Crippen molar-refractivity contribution in [3.05, 3.63) is 51.6 Å². The SMILES string of the molecule is CCc1ccc2[nH]c(=O)c([C@H](c3nnnn3C3CCCC3)N3CCC[C@@H](C)C3)cc2c1. The average Bonchev–Trinajstić information content (AvgIpc) is 3.46. The van der Waals surface area contributed by atoms with Gasteiger partial charge in [0.15, 0.2) is 5.82 Å². The second kappa shape index (κ2) is 8.54. The van der Waals surface area contributed by atoms with Gasteiger partial charge in [0.25, 0.3) is 5.56 Å². The first-order valence-electron chi connectivity index (χ1n) is 11.8. The van der Waals surface area contributed by atoms with Crippen molar-refractivity contribution in [1.29, 1.82) is 0 Å². The first-order chi connectivity index (χ1) is 15.1. The Balaban J connectivity index is 1.65. The Morgan fingerprint density at radius 3 is 2.77 bits per heavy atom. The predicted octanol–water partition coefficient (Wildman–Crippen LogP) is 4.01. The van der Waals surface area contributed by atoms with Crippen LogP contribution < -0.4 is 5.56 Å². The van der Waals surface area contributed by atoms with E-state index in [-0.39, 0.29) is 11.6 Å². The van der Waals surface area contributed by atoms with E-state index in [1.165, 1.54) is 24.8 Å². The largest absolute Gasteiger partial charge is 0.322 e. The van der Waals surface area contributed by atoms with E-state index in [2.05, 4.69) is 57.5 Å². The van der Waals surface area contributed by atoms with Gasteiger partial charge >= 0.3 is 0 Å². The number of rotatable bonds is 5. The highest BCUT2D eigenvalue weighted by molar-refractivity contribution is 5.80. The van der Waals surface area contributed by atoms with Crippen molar-refractivity contribution >= 4 is 10.9 Å². The zero-order valence-electron chi connectivity index (χ0n) is 18.5. The van der Waals surface area contributed by atoms with Gasteiger partial charge in [0, 0.05) is 17.6 Å². The first kappa shape index (κ1) is 20.4. The molecule has 3 aromatic rings. The van der Waals surface area contributed by atoms with Crippen molar-refractivity contribution in [2.75, 3.05) is 13.1 Å². The third-order valence-electron chi connectivity index (χ3n) is 7.13. The number of hydrogen-bond donors (Lipinski definition) is 1. The minimum absolute atomic E-state index is 0.0408. The quantitative estimate of drug-likeness (QED) is 0.674. The minimum atomic E-state index is -0.225. The summed E-state index contributed by atoms with van der Waals surface area (Å²) < 4.78 is 2.02. The molecule has 0 radical (unpaired) electrons. The summed E-state index contributed by atoms with van der Waals surface area (Å²) in [5, 5.41) is 14.0. The van der Waals surface area contributed by atoms with Crippen LogP contribution in [0.1, 0.15) is 81.4 Å². The Kier molecular flexibility index (Phi) is 5.61. The zero-order valence-corrected chi connectivity index (χ0v) is 18.5. The third-order valence-corrected chi connectivity index (χ3v) is 7.13. The number of likely N-dealkylation sites (tertiary alicyclic amines) is 1. The molecule has 31 heavy (non-hydrogen) atoms. The number of aryl methyl sites for hydroxylation is 1. The number of nitrogens with one attached hydrogen (secondary N) is 1. The van der Waals surface area contributed by atoms with Gasteiger partial charge in [-0.25, -0.2) is 4.68 Å². The highest BCUT2D eigenvalue weighted by atomic mass is 16.1. The van der Waals surface area contributed by atoms with Crippen LogP contribution >= 0.6 is 0 Å². The van der Waals surface area contributed by atoms with Gasteiger partial charge in [-0.1, -0.05) is 32.8 Å². The molecule has 1 N–H and O–H groups in total. The van der Waals surface area contributed by atoms with E-state index >= 15 is 0 Å². The number of pyridine rings is 1. The van der Waals surface area contributed by atoms with E-state index in [0.717, 1.165) is 61.1 Å². The van der Waals surface area contributed by atoms with Crippen LogP contribution in [0.25, 0.3) is 10.9 Å². The molecule has 0 spiro atoms. The summed E-state index contributed by atoms with van der Waals surface area (Å²) in [7, 11) is 0. The number of fused-ring (bicyclic) bond motifs is 1. The van der Waals surface area contributed by atoms with Gasteiger partial charge in [-0.3, -0.25) is 9.69 Å². The number of aromatic amines is 1. The van der Waals surface area contributed by atoms with Crippen LogP contribution in [0, 0.1) is 5.92 Å². The Labute approximate surface area is 182 Å². The van der Waals surface area contributed by atoms with E-state index in [1.54, 1.807) is 0 Å². The fourth-order valence-corrected chi connectivity index (χ4v) is 5.44. The highest BCUT2D eigenvalue weighted by Crippen LogP contribution is 2.35. The molecule has 3 heterocycles. The van der Waals surface area contributed by atoms with Gasteiger partial charge in [-0.2, -0.15) is 0 Å². The fraction of sp³-hybridized carbons (Fsp3) is 0.583. The van der Waals surface area contributed by atoms with Crippen LogP contribution in [0.3, 0.4) is 0 Å². The van der Waals surface area contributed by atoms with Crippen LogP contribution in [0.5, 0.6) is 0 Å². The molecule has 164 valence electrons. The molecule has 5 rings (SSSR count). The molecule has 1 aromatic carbocycles. The molecular formula is C24H32N6O. The second-order valence-electron chi connectivity index (χ2n) is 9.39. The normalized spacial score (nSPS) is 21.7. The lowest BCUT2D eigenvalue weighted by Crippen LogP contribution is -2.41. The maximum Gasteiger partial charge on any atom is 0.253 e. The van der Waals surface area contributed by atoms with Crippen LogP contribution in [0.4, 0.5) is 0 Å². The van der Waals surface area contributed by atoms with Crippen molar-refractivity contribution in [2.45, 2.75) is 70.9 Å². The van der Waals surface area contributed by atoms with Gasteiger partial charge in [0.05, 0.1) is 6.04 Å². The van der Waals surface area contributed by atoms with Gasteiger partial charge in [0.1, 0.15) is 6.04 Å². The lowest BCUT2D eigenvalue weighted by Gasteiger charge is -2.36. The predicted molar refractivity (Wildman–Crippen MR) is 121 cm³/mol. The molecule has 1 saturated heterocycles. The lowest BCUT2D eigenvalue weighted by atomic mass is 9.95. The lowest BCUT2D eigenvalue weighted by molar-refractivity contribution is 0.139. The maximum absolute atomic E-state index is 13.3. The van der Waals surface area contributed by atoms with Crippen LogP contribution in [-0.2, 0) is 6.42 Å². The van der Waals surface area contributed by atoms with Crippen LogP contribution in [0.2, 0.25) is 0 Å². The monoisotopic (exact) mass is 420 g/mol. The summed E-state index contributed by atoms with van der Waals surface area (Å²) in [4.78, 5) is 18.9. The van der Waals surface area contributed by atoms with Crippen LogP contribution in [0.15, 0.2) is 29.1 Å². The number of hydrogen-bond acceptors (Lipinski definition) is 5. The average molecular weight is 421 g/mol. The maximum atomic E-state index is 13.3. The molecule has 0 unspecified atom stereocenters. The number of nitrogens with zero attached hydrogens (tertiary/aromatic N) is 5.